The van der Waals surface area contributed by atoms with Crippen LogP contribution in [-0.2, 0) is 6.42 Å². The van der Waals surface area contributed by atoms with Gasteiger partial charge in [0.25, 0.3) is 0 Å². The second-order valence-corrected chi connectivity index (χ2v) is 13.5. The molecule has 1 nitrogen and oxygen atoms in total. The van der Waals surface area contributed by atoms with Crippen LogP contribution >= 0.6 is 11.3 Å². The first-order valence-electron chi connectivity index (χ1n) is 16.1. The number of aromatic nitrogens is 1. The van der Waals surface area contributed by atoms with Crippen molar-refractivity contribution in [2.24, 2.45) is 0 Å². The highest BCUT2D eigenvalue weighted by Crippen LogP contribution is 2.42. The number of para-hydroxylation sites is 1. The van der Waals surface area contributed by atoms with Gasteiger partial charge in [0.05, 0.1) is 11.0 Å². The molecular formula is C44H29NS. The summed E-state index contributed by atoms with van der Waals surface area (Å²) in [5.74, 6) is 0. The lowest BCUT2D eigenvalue weighted by Crippen LogP contribution is -1.88. The molecule has 7 aromatic carbocycles. The van der Waals surface area contributed by atoms with Crippen molar-refractivity contribution in [3.63, 3.8) is 0 Å². The number of benzene rings is 7. The lowest BCUT2D eigenvalue weighted by atomic mass is 9.94. The molecule has 0 amide bonds. The number of thiophene rings is 1. The van der Waals surface area contributed by atoms with Crippen LogP contribution in [0, 0.1) is 0 Å². The van der Waals surface area contributed by atoms with Crippen LogP contribution in [0.1, 0.15) is 16.9 Å². The number of nitrogens with one attached hydrogen (secondary N) is 1. The monoisotopic (exact) mass is 603 g/mol. The van der Waals surface area contributed by atoms with Gasteiger partial charge in [0.2, 0.25) is 0 Å². The quantitative estimate of drug-likeness (QED) is 0.193. The van der Waals surface area contributed by atoms with Crippen molar-refractivity contribution in [2.75, 3.05) is 0 Å². The third-order valence-corrected chi connectivity index (χ3v) is 11.0. The average molecular weight is 604 g/mol. The molecule has 0 radical (unpaired) electrons. The van der Waals surface area contributed by atoms with Gasteiger partial charge in [-0.1, -0.05) is 121 Å². The first kappa shape index (κ1) is 25.8. The van der Waals surface area contributed by atoms with Gasteiger partial charge in [-0.15, -0.1) is 11.3 Å². The van der Waals surface area contributed by atoms with Gasteiger partial charge in [0.1, 0.15) is 0 Å². The Morgan fingerprint density at radius 2 is 1.11 bits per heavy atom. The van der Waals surface area contributed by atoms with Gasteiger partial charge in [-0.3, -0.25) is 0 Å². The van der Waals surface area contributed by atoms with E-state index in [1.807, 2.05) is 11.3 Å². The van der Waals surface area contributed by atoms with Crippen LogP contribution in [0.2, 0.25) is 0 Å². The molecule has 2 heterocycles. The lowest BCUT2D eigenvalue weighted by Gasteiger charge is -2.10. The van der Waals surface area contributed by atoms with Crippen molar-refractivity contribution < 1.29 is 0 Å². The van der Waals surface area contributed by atoms with Crippen LogP contribution in [0.25, 0.3) is 92.9 Å². The van der Waals surface area contributed by atoms with Gasteiger partial charge >= 0.3 is 0 Å². The van der Waals surface area contributed by atoms with E-state index in [1.54, 1.807) is 0 Å². The maximum absolute atomic E-state index is 3.90. The maximum atomic E-state index is 3.90. The minimum Gasteiger partial charge on any atom is -0.353 e. The summed E-state index contributed by atoms with van der Waals surface area (Å²) >= 11 is 1.92. The van der Waals surface area contributed by atoms with E-state index >= 15 is 0 Å². The number of H-pyrrole nitrogens is 1. The fraction of sp³-hybridized carbons (Fsp3) is 0.0455. The Kier molecular flexibility index (Phi) is 5.64. The highest BCUT2D eigenvalue weighted by atomic mass is 32.1. The molecule has 2 heteroatoms. The van der Waals surface area contributed by atoms with Crippen LogP contribution in [0.4, 0.5) is 0 Å². The summed E-state index contributed by atoms with van der Waals surface area (Å²) < 4.78 is 1.38. The number of fused-ring (bicyclic) bond motifs is 11. The number of hydrogen-bond acceptors (Lipinski definition) is 1. The molecule has 0 aliphatic heterocycles. The first-order valence-corrected chi connectivity index (χ1v) is 16.9. The van der Waals surface area contributed by atoms with Crippen LogP contribution in [0.5, 0.6) is 0 Å². The van der Waals surface area contributed by atoms with Crippen molar-refractivity contribution >= 4 is 70.8 Å². The van der Waals surface area contributed by atoms with Crippen LogP contribution in [0.15, 0.2) is 140 Å². The fourth-order valence-corrected chi connectivity index (χ4v) is 8.94. The topological polar surface area (TPSA) is 15.8 Å². The number of aryl methyl sites for hydroxylation is 1. The average Bonchev–Trinajstić information content (AvgIpc) is 3.71. The molecule has 9 aromatic rings. The van der Waals surface area contributed by atoms with Gasteiger partial charge in [-0.05, 0) is 92.0 Å². The normalized spacial score (nSPS) is 13.0. The smallest absolute Gasteiger partial charge is 0.0551 e. The molecule has 216 valence electrons. The predicted molar refractivity (Wildman–Crippen MR) is 200 cm³/mol. The highest BCUT2D eigenvalue weighted by Gasteiger charge is 2.17. The molecule has 46 heavy (non-hydrogen) atoms. The zero-order valence-electron chi connectivity index (χ0n) is 25.2. The summed E-state index contributed by atoms with van der Waals surface area (Å²) in [4.78, 5) is 5.33. The fourth-order valence-electron chi connectivity index (χ4n) is 7.72. The van der Waals surface area contributed by atoms with Gasteiger partial charge in [0, 0.05) is 31.3 Å². The van der Waals surface area contributed by atoms with Crippen LogP contribution < -0.4 is 0 Å². The maximum Gasteiger partial charge on any atom is 0.0551 e. The molecule has 10 rings (SSSR count). The number of allylic oxidation sites excluding steroid dienone is 1. The first-order chi connectivity index (χ1) is 22.8. The van der Waals surface area contributed by atoms with E-state index in [0.717, 1.165) is 12.8 Å². The summed E-state index contributed by atoms with van der Waals surface area (Å²) in [6, 6.07) is 49.3. The SMILES string of the molecule is C1=Cc2sc3cc(-c4cccc(-c5cccc(-c6cccc7c6[nH]c6c8ccccc8c8ccccc8c76)c5)c4)ccc3c2CC1. The molecule has 1 aliphatic carbocycles. The van der Waals surface area contributed by atoms with E-state index in [1.165, 1.54) is 97.3 Å². The van der Waals surface area contributed by atoms with Crippen molar-refractivity contribution in [2.45, 2.75) is 12.8 Å². The molecular weight excluding hydrogens is 575 g/mol. The Labute approximate surface area is 271 Å². The highest BCUT2D eigenvalue weighted by molar-refractivity contribution is 7.20. The van der Waals surface area contributed by atoms with Crippen molar-refractivity contribution in [3.05, 3.63) is 150 Å². The molecule has 0 unspecified atom stereocenters. The molecule has 0 saturated carbocycles. The second kappa shape index (κ2) is 10.0. The molecule has 0 spiro atoms. The Balaban J connectivity index is 1.10. The largest absolute Gasteiger partial charge is 0.353 e. The van der Waals surface area contributed by atoms with Crippen molar-refractivity contribution in [1.29, 1.82) is 0 Å². The second-order valence-electron chi connectivity index (χ2n) is 12.5. The van der Waals surface area contributed by atoms with Gasteiger partial charge in [-0.2, -0.15) is 0 Å². The summed E-state index contributed by atoms with van der Waals surface area (Å²) in [5.41, 5.74) is 11.3. The Bertz CT molecular complexity index is 2700. The summed E-state index contributed by atoms with van der Waals surface area (Å²) in [5, 5.41) is 9.13. The standard InChI is InChI=1S/C44H29NS/c1-3-17-37-33(14-1)34-15-2-4-18-38(34)44-42(37)39-20-9-19-32(43(39)45-44)31-13-8-12-29(25-31)27-10-7-11-28(24-27)30-22-23-36-35-16-5-6-21-40(35)46-41(36)26-30/h1-4,6-15,17-26,45H,5,16H2. The van der Waals surface area contributed by atoms with E-state index < -0.39 is 0 Å². The molecule has 0 bridgehead atoms. The minimum absolute atomic E-state index is 1.14. The van der Waals surface area contributed by atoms with E-state index in [-0.39, 0.29) is 0 Å². The lowest BCUT2D eigenvalue weighted by molar-refractivity contribution is 1.01. The molecule has 1 aliphatic rings. The Hall–Kier alpha value is -5.44. The molecule has 2 aromatic heterocycles. The van der Waals surface area contributed by atoms with E-state index in [4.69, 9.17) is 0 Å². The van der Waals surface area contributed by atoms with Gasteiger partial charge < -0.3 is 4.98 Å². The van der Waals surface area contributed by atoms with E-state index in [0.29, 0.717) is 0 Å². The summed E-state index contributed by atoms with van der Waals surface area (Å²) in [7, 11) is 0. The Morgan fingerprint density at radius 1 is 0.478 bits per heavy atom. The minimum atomic E-state index is 1.14. The zero-order chi connectivity index (χ0) is 30.2. The van der Waals surface area contributed by atoms with Gasteiger partial charge in [0.15, 0.2) is 0 Å². The number of rotatable bonds is 3. The summed E-state index contributed by atoms with van der Waals surface area (Å²) in [6.07, 6.45) is 6.90. The van der Waals surface area contributed by atoms with Crippen molar-refractivity contribution in [3.8, 4) is 33.4 Å². The van der Waals surface area contributed by atoms with Gasteiger partial charge in [-0.25, -0.2) is 0 Å². The predicted octanol–water partition coefficient (Wildman–Crippen LogP) is 12.8. The van der Waals surface area contributed by atoms with E-state index in [2.05, 4.69) is 151 Å². The molecule has 0 fully saturated rings. The number of aromatic amines is 1. The number of hydrogen-bond donors (Lipinski definition) is 1. The van der Waals surface area contributed by atoms with Crippen molar-refractivity contribution in [1.82, 2.24) is 4.98 Å². The molecule has 1 N–H and O–H groups in total. The van der Waals surface area contributed by atoms with E-state index in [9.17, 15) is 0 Å². The molecule has 0 saturated heterocycles. The Morgan fingerprint density at radius 3 is 1.91 bits per heavy atom. The third-order valence-electron chi connectivity index (χ3n) is 9.87. The summed E-state index contributed by atoms with van der Waals surface area (Å²) in [6.45, 7) is 0. The van der Waals surface area contributed by atoms with Crippen LogP contribution in [-0.4, -0.2) is 4.98 Å². The third kappa shape index (κ3) is 3.87. The van der Waals surface area contributed by atoms with Crippen LogP contribution in [0.3, 0.4) is 0 Å². The molecule has 0 atom stereocenters. The zero-order valence-corrected chi connectivity index (χ0v) is 26.0.